The number of likely N-dealkylation sites (tertiary alicyclic amines) is 1. The Bertz CT molecular complexity index is 316. The number of nitrogens with zero attached hydrogens (tertiary/aromatic N) is 2. The van der Waals surface area contributed by atoms with E-state index in [1.54, 1.807) is 0 Å². The second kappa shape index (κ2) is 4.99. The van der Waals surface area contributed by atoms with Crippen molar-refractivity contribution in [1.29, 1.82) is 0 Å². The number of rotatable bonds is 2. The van der Waals surface area contributed by atoms with Crippen molar-refractivity contribution in [2.24, 2.45) is 0 Å². The lowest BCUT2D eigenvalue weighted by molar-refractivity contribution is -0.127. The lowest BCUT2D eigenvalue weighted by Gasteiger charge is -2.11. The molecule has 2 rings (SSSR count). The molecule has 2 aliphatic rings. The lowest BCUT2D eigenvalue weighted by atomic mass is 10.4. The molecule has 0 aromatic rings. The summed E-state index contributed by atoms with van der Waals surface area (Å²) in [5.74, 6) is 6.44. The van der Waals surface area contributed by atoms with Gasteiger partial charge in [0.25, 0.3) is 0 Å². The Kier molecular flexibility index (Phi) is 3.41. The van der Waals surface area contributed by atoms with Crippen LogP contribution in [0.5, 0.6) is 0 Å². The summed E-state index contributed by atoms with van der Waals surface area (Å²) < 4.78 is 0. The van der Waals surface area contributed by atoms with E-state index < -0.39 is 0 Å². The highest BCUT2D eigenvalue weighted by molar-refractivity contribution is 5.78. The summed E-state index contributed by atoms with van der Waals surface area (Å²) in [7, 11) is 0. The van der Waals surface area contributed by atoms with Crippen molar-refractivity contribution >= 4 is 5.91 Å². The van der Waals surface area contributed by atoms with Crippen molar-refractivity contribution in [2.45, 2.75) is 12.8 Å². The van der Waals surface area contributed by atoms with Crippen molar-refractivity contribution in [2.75, 3.05) is 32.7 Å². The average Bonchev–Trinajstić information content (AvgIpc) is 2.85. The third-order valence-electron chi connectivity index (χ3n) is 2.76. The summed E-state index contributed by atoms with van der Waals surface area (Å²) >= 11 is 0. The molecule has 2 aliphatic heterocycles. The molecule has 0 atom stereocenters. The monoisotopic (exact) mass is 204 g/mol. The quantitative estimate of drug-likeness (QED) is 0.482. The van der Waals surface area contributed by atoms with Gasteiger partial charge in [0.2, 0.25) is 5.91 Å². The van der Waals surface area contributed by atoms with Crippen molar-refractivity contribution < 1.29 is 4.79 Å². The van der Waals surface area contributed by atoms with Crippen LogP contribution < -0.4 is 0 Å². The first kappa shape index (κ1) is 10.3. The third kappa shape index (κ3) is 2.84. The Hall–Kier alpha value is -1.27. The fraction of sp³-hybridized carbons (Fsp3) is 0.583. The van der Waals surface area contributed by atoms with Gasteiger partial charge in [-0.2, -0.15) is 0 Å². The van der Waals surface area contributed by atoms with E-state index in [0.29, 0.717) is 13.0 Å². The van der Waals surface area contributed by atoms with Gasteiger partial charge in [-0.25, -0.2) is 0 Å². The van der Waals surface area contributed by atoms with Crippen molar-refractivity contribution in [1.82, 2.24) is 9.80 Å². The van der Waals surface area contributed by atoms with Gasteiger partial charge in [0.05, 0.1) is 13.1 Å². The Morgan fingerprint density at radius 2 is 1.93 bits per heavy atom. The molecule has 1 amide bonds. The van der Waals surface area contributed by atoms with E-state index in [1.165, 1.54) is 0 Å². The van der Waals surface area contributed by atoms with Crippen LogP contribution in [0, 0.1) is 11.8 Å². The van der Waals surface area contributed by atoms with Crippen LogP contribution in [-0.2, 0) is 4.79 Å². The van der Waals surface area contributed by atoms with Crippen LogP contribution in [0.2, 0.25) is 0 Å². The number of amides is 1. The molecule has 1 saturated heterocycles. The van der Waals surface area contributed by atoms with Gasteiger partial charge >= 0.3 is 0 Å². The highest BCUT2D eigenvalue weighted by Crippen LogP contribution is 2.07. The second-order valence-corrected chi connectivity index (χ2v) is 3.94. The van der Waals surface area contributed by atoms with E-state index in [0.717, 1.165) is 32.6 Å². The molecule has 0 radical (unpaired) electrons. The van der Waals surface area contributed by atoms with Gasteiger partial charge in [0.1, 0.15) is 0 Å². The molecule has 0 aromatic carbocycles. The molecule has 15 heavy (non-hydrogen) atoms. The maximum atomic E-state index is 11.3. The Morgan fingerprint density at radius 3 is 2.60 bits per heavy atom. The van der Waals surface area contributed by atoms with Crippen LogP contribution in [0.3, 0.4) is 0 Å². The summed E-state index contributed by atoms with van der Waals surface area (Å²) in [6.45, 7) is 4.34. The van der Waals surface area contributed by atoms with Gasteiger partial charge in [-0.1, -0.05) is 24.0 Å². The standard InChI is InChI=1S/C12H16N2O/c15-12-6-5-11-14(12)10-4-3-9-13-7-1-2-8-13/h1-2H,5-11H2. The van der Waals surface area contributed by atoms with E-state index in [4.69, 9.17) is 0 Å². The Balaban J connectivity index is 1.68. The van der Waals surface area contributed by atoms with E-state index in [-0.39, 0.29) is 5.91 Å². The largest absolute Gasteiger partial charge is 0.332 e. The number of carbonyl (C=O) groups is 1. The summed E-state index contributed by atoms with van der Waals surface area (Å²) in [6.07, 6.45) is 6.02. The minimum absolute atomic E-state index is 0.257. The zero-order valence-electron chi connectivity index (χ0n) is 8.91. The molecule has 0 spiro atoms. The normalized spacial score (nSPS) is 20.8. The topological polar surface area (TPSA) is 23.6 Å². The molecule has 2 heterocycles. The maximum absolute atomic E-state index is 11.3. The molecular weight excluding hydrogens is 188 g/mol. The van der Waals surface area contributed by atoms with Gasteiger partial charge in [0, 0.05) is 26.1 Å². The fourth-order valence-electron chi connectivity index (χ4n) is 1.84. The Labute approximate surface area is 90.7 Å². The SMILES string of the molecule is O=C1CCCN1CC#CCN1CC=CC1. The summed E-state index contributed by atoms with van der Waals surface area (Å²) in [5.41, 5.74) is 0. The number of hydrogen-bond donors (Lipinski definition) is 0. The van der Waals surface area contributed by atoms with Crippen LogP contribution in [0.4, 0.5) is 0 Å². The molecule has 0 N–H and O–H groups in total. The highest BCUT2D eigenvalue weighted by Gasteiger charge is 2.18. The van der Waals surface area contributed by atoms with Crippen molar-refractivity contribution in [3.05, 3.63) is 12.2 Å². The van der Waals surface area contributed by atoms with E-state index in [1.807, 2.05) is 4.90 Å². The van der Waals surface area contributed by atoms with Crippen LogP contribution in [0.25, 0.3) is 0 Å². The van der Waals surface area contributed by atoms with Crippen LogP contribution >= 0.6 is 0 Å². The fourth-order valence-corrected chi connectivity index (χ4v) is 1.84. The lowest BCUT2D eigenvalue weighted by Crippen LogP contribution is -2.25. The minimum atomic E-state index is 0.257. The number of hydrogen-bond acceptors (Lipinski definition) is 2. The third-order valence-corrected chi connectivity index (χ3v) is 2.76. The van der Waals surface area contributed by atoms with Crippen LogP contribution in [0.15, 0.2) is 12.2 Å². The average molecular weight is 204 g/mol. The molecule has 0 aliphatic carbocycles. The van der Waals surface area contributed by atoms with Gasteiger partial charge in [-0.3, -0.25) is 9.69 Å². The molecule has 0 saturated carbocycles. The molecule has 3 nitrogen and oxygen atoms in total. The van der Waals surface area contributed by atoms with Gasteiger partial charge in [0.15, 0.2) is 0 Å². The Morgan fingerprint density at radius 1 is 1.20 bits per heavy atom. The van der Waals surface area contributed by atoms with E-state index >= 15 is 0 Å². The predicted octanol–water partition coefficient (Wildman–Crippen LogP) is 0.484. The first-order valence-corrected chi connectivity index (χ1v) is 5.47. The molecule has 1 fully saturated rings. The molecular formula is C12H16N2O. The van der Waals surface area contributed by atoms with Gasteiger partial charge < -0.3 is 4.90 Å². The smallest absolute Gasteiger partial charge is 0.223 e. The summed E-state index contributed by atoms with van der Waals surface area (Å²) in [6, 6.07) is 0. The first-order chi connectivity index (χ1) is 7.36. The summed E-state index contributed by atoms with van der Waals surface area (Å²) in [4.78, 5) is 15.4. The predicted molar refractivity (Wildman–Crippen MR) is 59.2 cm³/mol. The van der Waals surface area contributed by atoms with Crippen molar-refractivity contribution in [3.63, 3.8) is 0 Å². The zero-order valence-corrected chi connectivity index (χ0v) is 8.91. The minimum Gasteiger partial charge on any atom is -0.332 e. The summed E-state index contributed by atoms with van der Waals surface area (Å²) in [5, 5.41) is 0. The van der Waals surface area contributed by atoms with Crippen LogP contribution in [-0.4, -0.2) is 48.4 Å². The molecule has 0 bridgehead atoms. The zero-order chi connectivity index (χ0) is 10.5. The maximum Gasteiger partial charge on any atom is 0.223 e. The first-order valence-electron chi connectivity index (χ1n) is 5.47. The molecule has 0 unspecified atom stereocenters. The van der Waals surface area contributed by atoms with Crippen molar-refractivity contribution in [3.8, 4) is 11.8 Å². The number of carbonyl (C=O) groups excluding carboxylic acids is 1. The van der Waals surface area contributed by atoms with Gasteiger partial charge in [-0.15, -0.1) is 0 Å². The van der Waals surface area contributed by atoms with E-state index in [2.05, 4.69) is 28.9 Å². The molecule has 80 valence electrons. The second-order valence-electron chi connectivity index (χ2n) is 3.94. The molecule has 3 heteroatoms. The molecule has 0 aromatic heterocycles. The van der Waals surface area contributed by atoms with Gasteiger partial charge in [-0.05, 0) is 6.42 Å². The highest BCUT2D eigenvalue weighted by atomic mass is 16.2. The van der Waals surface area contributed by atoms with Crippen LogP contribution in [0.1, 0.15) is 12.8 Å². The van der Waals surface area contributed by atoms with E-state index in [9.17, 15) is 4.79 Å².